The van der Waals surface area contributed by atoms with Gasteiger partial charge in [-0.05, 0) is 37.7 Å². The minimum absolute atomic E-state index is 0.157. The van der Waals surface area contributed by atoms with Crippen molar-refractivity contribution in [3.05, 3.63) is 53.7 Å². The Morgan fingerprint density at radius 3 is 2.78 bits per heavy atom. The van der Waals surface area contributed by atoms with Gasteiger partial charge in [-0.25, -0.2) is 0 Å². The van der Waals surface area contributed by atoms with E-state index >= 15 is 0 Å². The quantitative estimate of drug-likeness (QED) is 0.876. The molecule has 0 aliphatic rings. The van der Waals surface area contributed by atoms with E-state index in [2.05, 4.69) is 16.0 Å². The van der Waals surface area contributed by atoms with Crippen molar-refractivity contribution in [3.63, 3.8) is 0 Å². The predicted molar refractivity (Wildman–Crippen MR) is 70.9 cm³/mol. The van der Waals surface area contributed by atoms with E-state index in [1.165, 1.54) is 0 Å². The number of hydrogen-bond donors (Lipinski definition) is 1. The number of aryl methyl sites for hydroxylation is 1. The van der Waals surface area contributed by atoms with Crippen LogP contribution in [0, 0.1) is 6.92 Å². The smallest absolute Gasteiger partial charge is 0.118 e. The van der Waals surface area contributed by atoms with Gasteiger partial charge < -0.3 is 10.2 Å². The summed E-state index contributed by atoms with van der Waals surface area (Å²) in [6.45, 7) is 3.25. The van der Waals surface area contributed by atoms with E-state index < -0.39 is 0 Å². The number of pyridine rings is 1. The molecule has 2 aromatic rings. The van der Waals surface area contributed by atoms with Crippen LogP contribution in [0.15, 0.2) is 41.1 Å². The molecule has 4 heteroatoms. The summed E-state index contributed by atoms with van der Waals surface area (Å²) in [5.74, 6) is 1.89. The van der Waals surface area contributed by atoms with Crippen LogP contribution in [0.2, 0.25) is 0 Å². The molecular weight excluding hydrogens is 226 g/mol. The second kappa shape index (κ2) is 5.80. The highest BCUT2D eigenvalue weighted by molar-refractivity contribution is 5.15. The van der Waals surface area contributed by atoms with Crippen molar-refractivity contribution in [2.24, 2.45) is 5.73 Å². The van der Waals surface area contributed by atoms with Crippen molar-refractivity contribution >= 4 is 0 Å². The Bertz CT molecular complexity index is 481. The first-order valence-corrected chi connectivity index (χ1v) is 6.06. The van der Waals surface area contributed by atoms with Gasteiger partial charge in [0.1, 0.15) is 11.5 Å². The SMILES string of the molecule is Cc1ccc(CN(C)C(CN)c2cccnc2)o1. The molecule has 0 aliphatic heterocycles. The van der Waals surface area contributed by atoms with Gasteiger partial charge >= 0.3 is 0 Å². The van der Waals surface area contributed by atoms with Crippen LogP contribution in [0.5, 0.6) is 0 Å². The molecule has 0 saturated carbocycles. The van der Waals surface area contributed by atoms with Crippen LogP contribution in [-0.4, -0.2) is 23.5 Å². The molecule has 18 heavy (non-hydrogen) atoms. The Morgan fingerprint density at radius 1 is 1.39 bits per heavy atom. The van der Waals surface area contributed by atoms with Gasteiger partial charge in [-0.2, -0.15) is 0 Å². The van der Waals surface area contributed by atoms with Crippen molar-refractivity contribution in [2.45, 2.75) is 19.5 Å². The van der Waals surface area contributed by atoms with Crippen molar-refractivity contribution in [1.29, 1.82) is 0 Å². The van der Waals surface area contributed by atoms with E-state index in [0.717, 1.165) is 23.6 Å². The molecule has 2 N–H and O–H groups in total. The van der Waals surface area contributed by atoms with Crippen molar-refractivity contribution in [2.75, 3.05) is 13.6 Å². The Labute approximate surface area is 107 Å². The zero-order valence-corrected chi connectivity index (χ0v) is 10.8. The number of likely N-dealkylation sites (N-methyl/N-ethyl adjacent to an activating group) is 1. The monoisotopic (exact) mass is 245 g/mol. The summed E-state index contributed by atoms with van der Waals surface area (Å²) in [5.41, 5.74) is 6.99. The van der Waals surface area contributed by atoms with E-state index in [1.54, 1.807) is 6.20 Å². The van der Waals surface area contributed by atoms with Crippen LogP contribution in [0.4, 0.5) is 0 Å². The Morgan fingerprint density at radius 2 is 2.22 bits per heavy atom. The van der Waals surface area contributed by atoms with Crippen molar-refractivity contribution in [3.8, 4) is 0 Å². The van der Waals surface area contributed by atoms with E-state index in [4.69, 9.17) is 10.2 Å². The molecule has 4 nitrogen and oxygen atoms in total. The number of rotatable bonds is 5. The summed E-state index contributed by atoms with van der Waals surface area (Å²) < 4.78 is 5.59. The van der Waals surface area contributed by atoms with E-state index in [1.807, 2.05) is 38.4 Å². The van der Waals surface area contributed by atoms with Gasteiger partial charge in [0.15, 0.2) is 0 Å². The summed E-state index contributed by atoms with van der Waals surface area (Å²) in [5, 5.41) is 0. The van der Waals surface area contributed by atoms with Crippen molar-refractivity contribution in [1.82, 2.24) is 9.88 Å². The number of nitrogens with zero attached hydrogens (tertiary/aromatic N) is 2. The van der Waals surface area contributed by atoms with Gasteiger partial charge in [-0.3, -0.25) is 9.88 Å². The number of hydrogen-bond acceptors (Lipinski definition) is 4. The second-order valence-electron chi connectivity index (χ2n) is 4.47. The Hall–Kier alpha value is -1.65. The molecule has 2 rings (SSSR count). The van der Waals surface area contributed by atoms with Gasteiger partial charge in [0.25, 0.3) is 0 Å². The summed E-state index contributed by atoms with van der Waals surface area (Å²) in [6, 6.07) is 8.12. The van der Waals surface area contributed by atoms with Crippen LogP contribution in [0.3, 0.4) is 0 Å². The van der Waals surface area contributed by atoms with Crippen LogP contribution < -0.4 is 5.73 Å². The fourth-order valence-electron chi connectivity index (χ4n) is 2.07. The van der Waals surface area contributed by atoms with Gasteiger partial charge in [0.2, 0.25) is 0 Å². The van der Waals surface area contributed by atoms with Gasteiger partial charge in [-0.15, -0.1) is 0 Å². The highest BCUT2D eigenvalue weighted by atomic mass is 16.3. The molecule has 0 aromatic carbocycles. The molecule has 0 amide bonds. The molecule has 1 atom stereocenters. The molecule has 0 saturated heterocycles. The molecule has 0 spiro atoms. The third-order valence-electron chi connectivity index (χ3n) is 3.03. The molecule has 0 radical (unpaired) electrons. The average molecular weight is 245 g/mol. The largest absolute Gasteiger partial charge is 0.465 e. The van der Waals surface area contributed by atoms with E-state index in [-0.39, 0.29) is 6.04 Å². The fraction of sp³-hybridized carbons (Fsp3) is 0.357. The lowest BCUT2D eigenvalue weighted by Gasteiger charge is -2.26. The number of furan rings is 1. The minimum atomic E-state index is 0.157. The lowest BCUT2D eigenvalue weighted by Crippen LogP contribution is -2.30. The summed E-state index contributed by atoms with van der Waals surface area (Å²) in [4.78, 5) is 6.32. The number of nitrogens with two attached hydrogens (primary N) is 1. The minimum Gasteiger partial charge on any atom is -0.465 e. The average Bonchev–Trinajstić information content (AvgIpc) is 2.77. The molecule has 0 aliphatic carbocycles. The van der Waals surface area contributed by atoms with Crippen LogP contribution >= 0.6 is 0 Å². The first kappa shape index (κ1) is 12.8. The fourth-order valence-corrected chi connectivity index (χ4v) is 2.07. The highest BCUT2D eigenvalue weighted by Crippen LogP contribution is 2.20. The second-order valence-corrected chi connectivity index (χ2v) is 4.47. The van der Waals surface area contributed by atoms with Crippen molar-refractivity contribution < 1.29 is 4.42 Å². The third-order valence-corrected chi connectivity index (χ3v) is 3.03. The number of aromatic nitrogens is 1. The zero-order valence-electron chi connectivity index (χ0n) is 10.8. The molecule has 2 heterocycles. The first-order valence-electron chi connectivity index (χ1n) is 6.06. The Kier molecular flexibility index (Phi) is 4.12. The normalized spacial score (nSPS) is 12.9. The summed E-state index contributed by atoms with van der Waals surface area (Å²) in [7, 11) is 2.04. The van der Waals surface area contributed by atoms with Crippen LogP contribution in [0.1, 0.15) is 23.1 Å². The lowest BCUT2D eigenvalue weighted by atomic mass is 10.1. The highest BCUT2D eigenvalue weighted by Gasteiger charge is 2.16. The molecule has 0 fully saturated rings. The maximum Gasteiger partial charge on any atom is 0.118 e. The summed E-state index contributed by atoms with van der Waals surface area (Å²) in [6.07, 6.45) is 3.63. The standard InChI is InChI=1S/C14H19N3O/c1-11-5-6-13(18-11)10-17(2)14(8-15)12-4-3-7-16-9-12/h3-7,9,14H,8,10,15H2,1-2H3. The van der Waals surface area contributed by atoms with Gasteiger partial charge in [-0.1, -0.05) is 6.07 Å². The van der Waals surface area contributed by atoms with E-state index in [0.29, 0.717) is 6.54 Å². The molecule has 1 unspecified atom stereocenters. The van der Waals surface area contributed by atoms with E-state index in [9.17, 15) is 0 Å². The third kappa shape index (κ3) is 2.97. The molecule has 2 aromatic heterocycles. The lowest BCUT2D eigenvalue weighted by molar-refractivity contribution is 0.221. The van der Waals surface area contributed by atoms with Gasteiger partial charge in [0, 0.05) is 25.0 Å². The predicted octanol–water partition coefficient (Wildman–Crippen LogP) is 2.11. The van der Waals surface area contributed by atoms with Gasteiger partial charge in [0.05, 0.1) is 6.54 Å². The molecule has 96 valence electrons. The maximum absolute atomic E-state index is 5.86. The molecule has 0 bridgehead atoms. The van der Waals surface area contributed by atoms with Crippen LogP contribution in [-0.2, 0) is 6.54 Å². The zero-order chi connectivity index (χ0) is 13.0. The summed E-state index contributed by atoms with van der Waals surface area (Å²) >= 11 is 0. The van der Waals surface area contributed by atoms with Crippen LogP contribution in [0.25, 0.3) is 0 Å². The Balaban J connectivity index is 2.08. The first-order chi connectivity index (χ1) is 8.70. The maximum atomic E-state index is 5.86. The molecular formula is C14H19N3O. The topological polar surface area (TPSA) is 55.3 Å².